The van der Waals surface area contributed by atoms with Crippen molar-refractivity contribution in [3.63, 3.8) is 0 Å². The molecule has 0 amide bonds. The summed E-state index contributed by atoms with van der Waals surface area (Å²) in [4.78, 5) is 6.93. The Kier molecular flexibility index (Phi) is 11.2. The highest BCUT2D eigenvalue weighted by Crippen LogP contribution is 2.06. The molecule has 17 heavy (non-hydrogen) atoms. The molecule has 0 aromatic rings. The molecule has 0 aliphatic rings. The number of rotatable bonds is 6. The molecule has 0 aromatic carbocycles. The molecule has 0 spiro atoms. The van der Waals surface area contributed by atoms with Crippen LogP contribution >= 0.6 is 0 Å². The Morgan fingerprint density at radius 3 is 1.65 bits per heavy atom. The lowest BCUT2D eigenvalue weighted by molar-refractivity contribution is -0.783. The number of quaternary nitrogens is 1. The van der Waals surface area contributed by atoms with Crippen LogP contribution in [0.1, 0.15) is 39.5 Å². The van der Waals surface area contributed by atoms with Gasteiger partial charge >= 0.3 is 0 Å². The molecule has 3 nitrogen and oxygen atoms in total. The van der Waals surface area contributed by atoms with Crippen molar-refractivity contribution in [2.24, 2.45) is 4.99 Å². The van der Waals surface area contributed by atoms with E-state index in [4.69, 9.17) is 0 Å². The van der Waals surface area contributed by atoms with E-state index in [2.05, 4.69) is 44.9 Å². The van der Waals surface area contributed by atoms with Crippen LogP contribution < -0.4 is 17.0 Å². The number of hydrogen-bond acceptors (Lipinski definition) is 1. The maximum Gasteiger partial charge on any atom is 0.299 e. The van der Waals surface area contributed by atoms with Crippen molar-refractivity contribution < 1.29 is 21.5 Å². The molecule has 0 saturated heterocycles. The Labute approximate surface area is 118 Å². The van der Waals surface area contributed by atoms with E-state index in [1.54, 1.807) is 0 Å². The molecule has 0 bridgehead atoms. The van der Waals surface area contributed by atoms with Crippen molar-refractivity contribution in [1.82, 2.24) is 4.90 Å². The fraction of sp³-hybridized carbons (Fsp3) is 0.923. The molecular formula is C13H30BrN3. The summed E-state index contributed by atoms with van der Waals surface area (Å²) in [5, 5.41) is 0. The van der Waals surface area contributed by atoms with E-state index in [0.29, 0.717) is 0 Å². The monoisotopic (exact) mass is 307 g/mol. The molecule has 0 radical (unpaired) electrons. The molecule has 0 rings (SSSR count). The fourth-order valence-corrected chi connectivity index (χ4v) is 1.88. The van der Waals surface area contributed by atoms with Crippen molar-refractivity contribution in [2.75, 3.05) is 41.3 Å². The van der Waals surface area contributed by atoms with Gasteiger partial charge in [-0.25, -0.2) is 4.99 Å². The van der Waals surface area contributed by atoms with E-state index in [9.17, 15) is 0 Å². The summed E-state index contributed by atoms with van der Waals surface area (Å²) >= 11 is 0. The second-order valence-electron chi connectivity index (χ2n) is 5.23. The molecule has 0 aliphatic carbocycles. The van der Waals surface area contributed by atoms with Gasteiger partial charge in [0.25, 0.3) is 5.96 Å². The maximum atomic E-state index is 4.48. The Bertz CT molecular complexity index is 201. The Morgan fingerprint density at radius 1 is 1.00 bits per heavy atom. The SMILES string of the molecule is CCCCN(CCCC)C(=NC)[N+](C)(C)C.[Br-]. The van der Waals surface area contributed by atoms with Gasteiger partial charge in [-0.2, -0.15) is 0 Å². The normalized spacial score (nSPS) is 12.2. The van der Waals surface area contributed by atoms with Gasteiger partial charge < -0.3 is 21.9 Å². The van der Waals surface area contributed by atoms with Gasteiger partial charge in [-0.05, 0) is 12.8 Å². The van der Waals surface area contributed by atoms with Gasteiger partial charge in [0, 0.05) is 20.1 Å². The van der Waals surface area contributed by atoms with Gasteiger partial charge in [0.2, 0.25) is 0 Å². The van der Waals surface area contributed by atoms with Gasteiger partial charge in [0.05, 0.1) is 21.1 Å². The lowest BCUT2D eigenvalue weighted by Crippen LogP contribution is -3.00. The predicted octanol–water partition coefficient (Wildman–Crippen LogP) is -0.415. The molecule has 0 aliphatic heterocycles. The van der Waals surface area contributed by atoms with E-state index >= 15 is 0 Å². The minimum absolute atomic E-state index is 0. The third kappa shape index (κ3) is 7.77. The molecule has 4 heteroatoms. The van der Waals surface area contributed by atoms with E-state index in [0.717, 1.165) is 17.6 Å². The molecule has 0 fully saturated rings. The highest BCUT2D eigenvalue weighted by atomic mass is 79.9. The van der Waals surface area contributed by atoms with Crippen LogP contribution in [0, 0.1) is 0 Å². The van der Waals surface area contributed by atoms with E-state index in [1.165, 1.54) is 31.6 Å². The quantitative estimate of drug-likeness (QED) is 0.370. The van der Waals surface area contributed by atoms with Gasteiger partial charge in [-0.15, -0.1) is 0 Å². The van der Waals surface area contributed by atoms with Crippen LogP contribution in [0.15, 0.2) is 4.99 Å². The van der Waals surface area contributed by atoms with Gasteiger partial charge in [-0.3, -0.25) is 4.48 Å². The molecular weight excluding hydrogens is 278 g/mol. The van der Waals surface area contributed by atoms with Crippen molar-refractivity contribution in [1.29, 1.82) is 0 Å². The van der Waals surface area contributed by atoms with Gasteiger partial charge in [-0.1, -0.05) is 26.7 Å². The van der Waals surface area contributed by atoms with Crippen LogP contribution in [0.5, 0.6) is 0 Å². The second-order valence-corrected chi connectivity index (χ2v) is 5.23. The lowest BCUT2D eigenvalue weighted by atomic mass is 10.2. The van der Waals surface area contributed by atoms with Crippen molar-refractivity contribution >= 4 is 5.96 Å². The van der Waals surface area contributed by atoms with Crippen LogP contribution in [0.4, 0.5) is 0 Å². The first-order chi connectivity index (χ1) is 7.47. The molecule has 104 valence electrons. The minimum Gasteiger partial charge on any atom is -1.00 e. The average molecular weight is 308 g/mol. The molecule has 0 saturated carbocycles. The molecule has 0 heterocycles. The summed E-state index contributed by atoms with van der Waals surface area (Å²) in [6, 6.07) is 0. The smallest absolute Gasteiger partial charge is 0.299 e. The average Bonchev–Trinajstić information content (AvgIpc) is 2.20. The summed E-state index contributed by atoms with van der Waals surface area (Å²) in [5.41, 5.74) is 0. The van der Waals surface area contributed by atoms with E-state index in [1.807, 2.05) is 7.05 Å². The zero-order chi connectivity index (χ0) is 12.6. The molecule has 0 aromatic heterocycles. The summed E-state index contributed by atoms with van der Waals surface area (Å²) in [6.45, 7) is 6.76. The Morgan fingerprint density at radius 2 is 1.41 bits per heavy atom. The van der Waals surface area contributed by atoms with Crippen LogP contribution in [0.2, 0.25) is 0 Å². The number of unbranched alkanes of at least 4 members (excludes halogenated alkanes) is 2. The summed E-state index contributed by atoms with van der Waals surface area (Å²) in [5.74, 6) is 1.20. The third-order valence-corrected chi connectivity index (χ3v) is 2.65. The van der Waals surface area contributed by atoms with Crippen molar-refractivity contribution in [2.45, 2.75) is 39.5 Å². The number of hydrogen-bond donors (Lipinski definition) is 0. The van der Waals surface area contributed by atoms with Crippen LogP contribution in [0.3, 0.4) is 0 Å². The highest BCUT2D eigenvalue weighted by Gasteiger charge is 2.23. The lowest BCUT2D eigenvalue weighted by Gasteiger charge is -2.33. The summed E-state index contributed by atoms with van der Waals surface area (Å²) in [6.07, 6.45) is 5.00. The third-order valence-electron chi connectivity index (χ3n) is 2.65. The first kappa shape index (κ1) is 19.3. The zero-order valence-corrected chi connectivity index (χ0v) is 14.0. The van der Waals surface area contributed by atoms with Crippen LogP contribution in [-0.2, 0) is 0 Å². The number of aliphatic imine (C=N–C) groups is 1. The second kappa shape index (κ2) is 9.89. The summed E-state index contributed by atoms with van der Waals surface area (Å²) < 4.78 is 0.809. The standard InChI is InChI=1S/C13H30N3.BrH/c1-7-9-11-15(12-10-8-2)13(14-3)16(4,5)6;/h7-12H2,1-6H3;1H/q+1;/p-1. The Balaban J connectivity index is 0. The zero-order valence-electron chi connectivity index (χ0n) is 12.5. The van der Waals surface area contributed by atoms with E-state index in [-0.39, 0.29) is 17.0 Å². The topological polar surface area (TPSA) is 15.6 Å². The fourth-order valence-electron chi connectivity index (χ4n) is 1.88. The minimum atomic E-state index is 0. The van der Waals surface area contributed by atoms with Crippen LogP contribution in [-0.4, -0.2) is 56.6 Å². The Hall–Kier alpha value is -0.0900. The molecule has 0 atom stereocenters. The molecule has 0 unspecified atom stereocenters. The predicted molar refractivity (Wildman–Crippen MR) is 72.8 cm³/mol. The number of guanidine groups is 1. The van der Waals surface area contributed by atoms with Crippen molar-refractivity contribution in [3.05, 3.63) is 0 Å². The molecule has 0 N–H and O–H groups in total. The highest BCUT2D eigenvalue weighted by molar-refractivity contribution is 5.72. The maximum absolute atomic E-state index is 4.48. The number of halogens is 1. The van der Waals surface area contributed by atoms with Gasteiger partial charge in [0.15, 0.2) is 0 Å². The number of nitrogens with zero attached hydrogens (tertiary/aromatic N) is 3. The summed E-state index contributed by atoms with van der Waals surface area (Å²) in [7, 11) is 8.47. The van der Waals surface area contributed by atoms with Gasteiger partial charge in [0.1, 0.15) is 0 Å². The van der Waals surface area contributed by atoms with Crippen LogP contribution in [0.25, 0.3) is 0 Å². The van der Waals surface area contributed by atoms with E-state index < -0.39 is 0 Å². The van der Waals surface area contributed by atoms with Crippen molar-refractivity contribution in [3.8, 4) is 0 Å². The first-order valence-electron chi connectivity index (χ1n) is 6.51. The first-order valence-corrected chi connectivity index (χ1v) is 6.51. The largest absolute Gasteiger partial charge is 1.00 e.